The number of hydrogen-bond acceptors (Lipinski definition) is 5. The van der Waals surface area contributed by atoms with Crippen LogP contribution in [0.5, 0.6) is 0 Å². The van der Waals surface area contributed by atoms with Crippen LogP contribution >= 0.6 is 0 Å². The number of amides is 1. The summed E-state index contributed by atoms with van der Waals surface area (Å²) >= 11 is 0. The zero-order valence-corrected chi connectivity index (χ0v) is 21.6. The third kappa shape index (κ3) is 7.21. The summed E-state index contributed by atoms with van der Waals surface area (Å²) in [6, 6.07) is 7.76. The average molecular weight is 461 g/mol. The van der Waals surface area contributed by atoms with Crippen molar-refractivity contribution < 1.29 is 28.7 Å². The van der Waals surface area contributed by atoms with E-state index in [-0.39, 0.29) is 5.92 Å². The maximum atomic E-state index is 12.2. The zero-order valence-electron chi connectivity index (χ0n) is 21.6. The second-order valence-electron chi connectivity index (χ2n) is 11.1. The summed E-state index contributed by atoms with van der Waals surface area (Å²) in [6.45, 7) is 15.8. The van der Waals surface area contributed by atoms with Gasteiger partial charge >= 0.3 is 19.2 Å². The Kier molecular flexibility index (Phi) is 8.29. The molecule has 2 atom stereocenters. The highest BCUT2D eigenvalue weighted by atomic mass is 16.7. The van der Waals surface area contributed by atoms with Gasteiger partial charge in [0.05, 0.1) is 17.1 Å². The Labute approximate surface area is 198 Å². The zero-order chi connectivity index (χ0) is 25.2. The van der Waals surface area contributed by atoms with Gasteiger partial charge in [-0.25, -0.2) is 4.79 Å². The molecule has 7 nitrogen and oxygen atoms in total. The molecule has 8 heteroatoms. The van der Waals surface area contributed by atoms with Crippen LogP contribution in [-0.2, 0) is 25.3 Å². The van der Waals surface area contributed by atoms with Gasteiger partial charge in [0.15, 0.2) is 0 Å². The molecular weight excluding hydrogens is 421 g/mol. The number of nitrogens with zero attached hydrogens (tertiary/aromatic N) is 1. The standard InChI is InChI=1S/C25H40BNO6/c1-17(13-14-27(9)22(30)31-23(2,3)4)20(21(28)29)16-18-11-10-12-19(15-18)26-32-24(5,6)25(7,8)33-26/h10-12,15,17,20H,13-14,16H2,1-9H3,(H,28,29)/t17-,20+/m1/s1. The van der Waals surface area contributed by atoms with Gasteiger partial charge in [0, 0.05) is 13.6 Å². The van der Waals surface area contributed by atoms with Crippen molar-refractivity contribution in [2.75, 3.05) is 13.6 Å². The summed E-state index contributed by atoms with van der Waals surface area (Å²) < 4.78 is 17.7. The van der Waals surface area contributed by atoms with Crippen LogP contribution in [0.2, 0.25) is 0 Å². The molecule has 1 amide bonds. The van der Waals surface area contributed by atoms with Gasteiger partial charge in [0.2, 0.25) is 0 Å². The number of hydrogen-bond donors (Lipinski definition) is 1. The molecule has 1 aromatic rings. The quantitative estimate of drug-likeness (QED) is 0.587. The van der Waals surface area contributed by atoms with E-state index in [9.17, 15) is 14.7 Å². The number of carboxylic acid groups (broad SMARTS) is 1. The van der Waals surface area contributed by atoms with Crippen molar-refractivity contribution in [1.29, 1.82) is 0 Å². The molecule has 0 radical (unpaired) electrons. The second kappa shape index (κ2) is 10.1. The third-order valence-electron chi connectivity index (χ3n) is 6.56. The lowest BCUT2D eigenvalue weighted by molar-refractivity contribution is -0.143. The van der Waals surface area contributed by atoms with Crippen LogP contribution in [0.4, 0.5) is 4.79 Å². The highest BCUT2D eigenvalue weighted by Crippen LogP contribution is 2.36. The first-order valence-electron chi connectivity index (χ1n) is 11.6. The van der Waals surface area contributed by atoms with E-state index in [1.54, 1.807) is 7.05 Å². The van der Waals surface area contributed by atoms with Gasteiger partial charge in [0.25, 0.3) is 0 Å². The van der Waals surface area contributed by atoms with Crippen LogP contribution in [-0.4, -0.2) is 59.6 Å². The molecule has 2 rings (SSSR count). The fraction of sp³-hybridized carbons (Fsp3) is 0.680. The Morgan fingerprint density at radius 3 is 2.24 bits per heavy atom. The van der Waals surface area contributed by atoms with Crippen LogP contribution in [0.1, 0.15) is 67.4 Å². The molecule has 1 aliphatic rings. The van der Waals surface area contributed by atoms with Crippen LogP contribution < -0.4 is 5.46 Å². The molecule has 0 saturated carbocycles. The summed E-state index contributed by atoms with van der Waals surface area (Å²) in [7, 11) is 1.18. The summed E-state index contributed by atoms with van der Waals surface area (Å²) in [5, 5.41) is 9.90. The van der Waals surface area contributed by atoms with E-state index in [4.69, 9.17) is 14.0 Å². The van der Waals surface area contributed by atoms with Gasteiger partial charge < -0.3 is 24.1 Å². The summed E-state index contributed by atoms with van der Waals surface area (Å²) in [4.78, 5) is 25.8. The van der Waals surface area contributed by atoms with Crippen LogP contribution in [0.25, 0.3) is 0 Å². The highest BCUT2D eigenvalue weighted by Gasteiger charge is 2.51. The minimum absolute atomic E-state index is 0.132. The molecule has 1 fully saturated rings. The number of aliphatic carboxylic acids is 1. The summed E-state index contributed by atoms with van der Waals surface area (Å²) in [5.74, 6) is -1.55. The van der Waals surface area contributed by atoms with Crippen molar-refractivity contribution in [3.63, 3.8) is 0 Å². The third-order valence-corrected chi connectivity index (χ3v) is 6.56. The number of ether oxygens (including phenoxy) is 1. The predicted molar refractivity (Wildman–Crippen MR) is 130 cm³/mol. The SMILES string of the molecule is C[C@H](CCN(C)C(=O)OC(C)(C)C)[C@H](Cc1cccc(B2OC(C)(C)C(C)(C)O2)c1)C(=O)O. The summed E-state index contributed by atoms with van der Waals surface area (Å²) in [6.07, 6.45) is 0.542. The molecular formula is C25H40BNO6. The van der Waals surface area contributed by atoms with Crippen molar-refractivity contribution in [2.24, 2.45) is 11.8 Å². The molecule has 1 heterocycles. The second-order valence-corrected chi connectivity index (χ2v) is 11.1. The number of carbonyl (C=O) groups excluding carboxylic acids is 1. The molecule has 0 aromatic heterocycles. The minimum Gasteiger partial charge on any atom is -0.481 e. The van der Waals surface area contributed by atoms with Crippen molar-refractivity contribution in [3.05, 3.63) is 29.8 Å². The first-order valence-corrected chi connectivity index (χ1v) is 11.6. The maximum absolute atomic E-state index is 12.2. The molecule has 0 bridgehead atoms. The molecule has 1 saturated heterocycles. The smallest absolute Gasteiger partial charge is 0.481 e. The monoisotopic (exact) mass is 461 g/mol. The number of carboxylic acids is 1. The van der Waals surface area contributed by atoms with E-state index in [1.165, 1.54) is 4.90 Å². The Morgan fingerprint density at radius 1 is 1.15 bits per heavy atom. The Hall–Kier alpha value is -2.06. The molecule has 33 heavy (non-hydrogen) atoms. The molecule has 1 aliphatic heterocycles. The predicted octanol–water partition coefficient (Wildman–Crippen LogP) is 4.12. The van der Waals surface area contributed by atoms with E-state index in [0.717, 1.165) is 11.0 Å². The van der Waals surface area contributed by atoms with Crippen molar-refractivity contribution in [1.82, 2.24) is 4.90 Å². The molecule has 0 spiro atoms. The molecule has 1 N–H and O–H groups in total. The number of rotatable bonds is 8. The Bertz CT molecular complexity index is 832. The van der Waals surface area contributed by atoms with Crippen molar-refractivity contribution in [3.8, 4) is 0 Å². The van der Waals surface area contributed by atoms with Gasteiger partial charge in [-0.1, -0.05) is 31.2 Å². The molecule has 1 aromatic carbocycles. The van der Waals surface area contributed by atoms with Gasteiger partial charge in [-0.15, -0.1) is 0 Å². The lowest BCUT2D eigenvalue weighted by Crippen LogP contribution is -2.41. The lowest BCUT2D eigenvalue weighted by Gasteiger charge is -2.32. The van der Waals surface area contributed by atoms with Crippen molar-refractivity contribution in [2.45, 2.75) is 85.0 Å². The van der Waals surface area contributed by atoms with Gasteiger partial charge in [-0.3, -0.25) is 4.79 Å². The normalized spacial score (nSPS) is 19.1. The number of benzene rings is 1. The topological polar surface area (TPSA) is 85.3 Å². The fourth-order valence-corrected chi connectivity index (χ4v) is 3.66. The highest BCUT2D eigenvalue weighted by molar-refractivity contribution is 6.62. The van der Waals surface area contributed by atoms with Crippen molar-refractivity contribution >= 4 is 24.6 Å². The van der Waals surface area contributed by atoms with E-state index >= 15 is 0 Å². The molecule has 184 valence electrons. The van der Waals surface area contributed by atoms with E-state index in [0.29, 0.717) is 19.4 Å². The number of carbonyl (C=O) groups is 2. The molecule has 0 unspecified atom stereocenters. The molecule has 0 aliphatic carbocycles. The summed E-state index contributed by atoms with van der Waals surface area (Å²) in [5.41, 5.74) is 0.357. The first-order chi connectivity index (χ1) is 15.0. The van der Waals surface area contributed by atoms with Crippen LogP contribution in [0, 0.1) is 11.8 Å². The van der Waals surface area contributed by atoms with Crippen LogP contribution in [0.15, 0.2) is 24.3 Å². The minimum atomic E-state index is -0.844. The van der Waals surface area contributed by atoms with Gasteiger partial charge in [0.1, 0.15) is 5.60 Å². The van der Waals surface area contributed by atoms with E-state index in [2.05, 4.69) is 0 Å². The van der Waals surface area contributed by atoms with Gasteiger partial charge in [-0.2, -0.15) is 0 Å². The lowest BCUT2D eigenvalue weighted by atomic mass is 9.77. The Morgan fingerprint density at radius 2 is 1.73 bits per heavy atom. The largest absolute Gasteiger partial charge is 0.494 e. The van der Waals surface area contributed by atoms with E-state index in [1.807, 2.05) is 79.7 Å². The average Bonchev–Trinajstić information content (AvgIpc) is 2.90. The fourth-order valence-electron chi connectivity index (χ4n) is 3.66. The maximum Gasteiger partial charge on any atom is 0.494 e. The first kappa shape index (κ1) is 27.2. The van der Waals surface area contributed by atoms with Gasteiger partial charge in [-0.05, 0) is 78.3 Å². The van der Waals surface area contributed by atoms with E-state index < -0.39 is 41.9 Å². The Balaban J connectivity index is 2.04. The van der Waals surface area contributed by atoms with Crippen LogP contribution in [0.3, 0.4) is 0 Å².